The number of halogens is 2. The molecule has 0 fully saturated rings. The third-order valence-corrected chi connectivity index (χ3v) is 4.41. The molecule has 100 valence electrons. The van der Waals surface area contributed by atoms with E-state index in [1.165, 1.54) is 11.3 Å². The van der Waals surface area contributed by atoms with Crippen LogP contribution in [0.15, 0.2) is 40.4 Å². The average molecular weight is 369 g/mol. The predicted octanol–water partition coefficient (Wildman–Crippen LogP) is 4.36. The Morgan fingerprint density at radius 2 is 2.15 bits per heavy atom. The van der Waals surface area contributed by atoms with Gasteiger partial charge in [-0.15, -0.1) is 11.3 Å². The van der Waals surface area contributed by atoms with Crippen LogP contribution in [0.2, 0.25) is 5.02 Å². The number of aromatic nitrogens is 2. The second-order valence-corrected chi connectivity index (χ2v) is 6.06. The lowest BCUT2D eigenvalue weighted by Crippen LogP contribution is -2.14. The van der Waals surface area contributed by atoms with Gasteiger partial charge in [0, 0.05) is 10.7 Å². The number of rotatable bonds is 2. The van der Waals surface area contributed by atoms with Gasteiger partial charge in [0.25, 0.3) is 5.91 Å². The quantitative estimate of drug-likeness (QED) is 0.731. The first-order chi connectivity index (χ1) is 9.66. The highest BCUT2D eigenvalue weighted by molar-refractivity contribution is 9.10. The highest BCUT2D eigenvalue weighted by Crippen LogP contribution is 2.32. The fourth-order valence-electron chi connectivity index (χ4n) is 1.75. The molecule has 2 aromatic heterocycles. The number of thiazole rings is 1. The average Bonchev–Trinajstić information content (AvgIpc) is 2.91. The molecule has 0 spiro atoms. The van der Waals surface area contributed by atoms with Crippen LogP contribution in [0.5, 0.6) is 0 Å². The van der Waals surface area contributed by atoms with Gasteiger partial charge in [-0.1, -0.05) is 11.6 Å². The minimum Gasteiger partial charge on any atom is -0.317 e. The van der Waals surface area contributed by atoms with Crippen LogP contribution in [0, 0.1) is 0 Å². The monoisotopic (exact) mass is 367 g/mol. The molecule has 0 atom stereocenters. The summed E-state index contributed by atoms with van der Waals surface area (Å²) in [5.74, 6) is -0.333. The number of amides is 1. The molecule has 0 bridgehead atoms. The van der Waals surface area contributed by atoms with E-state index in [1.54, 1.807) is 29.9 Å². The molecule has 3 rings (SSSR count). The smallest absolute Gasteiger partial charge is 0.275 e. The zero-order valence-electron chi connectivity index (χ0n) is 9.93. The summed E-state index contributed by atoms with van der Waals surface area (Å²) in [7, 11) is 0. The maximum absolute atomic E-state index is 12.3. The number of pyridine rings is 1. The van der Waals surface area contributed by atoms with Crippen LogP contribution in [0.25, 0.3) is 10.2 Å². The Morgan fingerprint density at radius 1 is 1.30 bits per heavy atom. The number of anilines is 1. The lowest BCUT2D eigenvalue weighted by Gasteiger charge is -2.08. The van der Waals surface area contributed by atoms with E-state index in [2.05, 4.69) is 31.2 Å². The maximum Gasteiger partial charge on any atom is 0.275 e. The molecular weight excluding hydrogens is 362 g/mol. The Balaban J connectivity index is 2.01. The lowest BCUT2D eigenvalue weighted by atomic mass is 10.2. The molecule has 4 nitrogen and oxygen atoms in total. The van der Waals surface area contributed by atoms with Gasteiger partial charge in [0.1, 0.15) is 11.2 Å². The molecule has 0 unspecified atom stereocenters. The second kappa shape index (κ2) is 5.47. The van der Waals surface area contributed by atoms with E-state index in [1.807, 2.05) is 6.07 Å². The van der Waals surface area contributed by atoms with Gasteiger partial charge in [-0.2, -0.15) is 0 Å². The number of benzene rings is 1. The van der Waals surface area contributed by atoms with Crippen molar-refractivity contribution in [3.8, 4) is 0 Å². The van der Waals surface area contributed by atoms with E-state index in [-0.39, 0.29) is 5.91 Å². The summed E-state index contributed by atoms with van der Waals surface area (Å²) >= 11 is 10.9. The van der Waals surface area contributed by atoms with E-state index in [0.29, 0.717) is 26.4 Å². The summed E-state index contributed by atoms with van der Waals surface area (Å²) < 4.78 is 1.59. The maximum atomic E-state index is 12.3. The van der Waals surface area contributed by atoms with E-state index in [0.717, 1.165) is 4.70 Å². The van der Waals surface area contributed by atoms with E-state index >= 15 is 0 Å². The van der Waals surface area contributed by atoms with Crippen molar-refractivity contribution in [1.82, 2.24) is 9.97 Å². The fraction of sp³-hybridized carbons (Fsp3) is 0. The number of hydrogen-bond donors (Lipinski definition) is 1. The van der Waals surface area contributed by atoms with Crippen LogP contribution >= 0.6 is 38.9 Å². The van der Waals surface area contributed by atoms with Gasteiger partial charge in [0.2, 0.25) is 0 Å². The molecule has 0 aliphatic carbocycles. The third kappa shape index (κ3) is 2.42. The topological polar surface area (TPSA) is 54.9 Å². The number of carbonyl (C=O) groups is 1. The van der Waals surface area contributed by atoms with Crippen molar-refractivity contribution in [3.05, 3.63) is 51.2 Å². The molecule has 3 aromatic rings. The van der Waals surface area contributed by atoms with Crippen molar-refractivity contribution < 1.29 is 4.79 Å². The molecule has 0 aliphatic heterocycles. The number of nitrogens with one attached hydrogen (secondary N) is 1. The number of nitrogens with zero attached hydrogens (tertiary/aromatic N) is 2. The Labute approximate surface area is 131 Å². The number of fused-ring (bicyclic) bond motifs is 1. The number of carbonyl (C=O) groups excluding carboxylic acids is 1. The molecule has 1 N–H and O–H groups in total. The standard InChI is InChI=1S/C13H7BrClN3OS/c14-7-2-1-5-16-10(7)13(19)18-11-8(15)3-4-9-12(11)17-6-20-9/h1-6H,(H,18,19). The molecule has 0 saturated heterocycles. The van der Waals surface area contributed by atoms with Crippen molar-refractivity contribution in [3.63, 3.8) is 0 Å². The largest absolute Gasteiger partial charge is 0.317 e. The fourth-order valence-corrected chi connectivity index (χ4v) is 3.07. The second-order valence-electron chi connectivity index (χ2n) is 3.91. The van der Waals surface area contributed by atoms with Crippen LogP contribution < -0.4 is 5.32 Å². The van der Waals surface area contributed by atoms with Crippen LogP contribution in [0.4, 0.5) is 5.69 Å². The van der Waals surface area contributed by atoms with Gasteiger partial charge >= 0.3 is 0 Å². The minimum atomic E-state index is -0.333. The molecule has 1 amide bonds. The highest BCUT2D eigenvalue weighted by atomic mass is 79.9. The van der Waals surface area contributed by atoms with Crippen molar-refractivity contribution in [2.45, 2.75) is 0 Å². The summed E-state index contributed by atoms with van der Waals surface area (Å²) in [4.78, 5) is 20.6. The zero-order chi connectivity index (χ0) is 14.1. The Kier molecular flexibility index (Phi) is 3.69. The van der Waals surface area contributed by atoms with E-state index in [4.69, 9.17) is 11.6 Å². The van der Waals surface area contributed by atoms with Gasteiger partial charge in [-0.05, 0) is 40.2 Å². The van der Waals surface area contributed by atoms with Crippen LogP contribution in [-0.2, 0) is 0 Å². The zero-order valence-corrected chi connectivity index (χ0v) is 13.1. The highest BCUT2D eigenvalue weighted by Gasteiger charge is 2.16. The summed E-state index contributed by atoms with van der Waals surface area (Å²) in [6.07, 6.45) is 1.56. The molecule has 2 heterocycles. The summed E-state index contributed by atoms with van der Waals surface area (Å²) in [5.41, 5.74) is 3.21. The van der Waals surface area contributed by atoms with Crippen LogP contribution in [0.1, 0.15) is 10.5 Å². The summed E-state index contributed by atoms with van der Waals surface area (Å²) in [5, 5.41) is 3.23. The van der Waals surface area contributed by atoms with E-state index in [9.17, 15) is 4.79 Å². The Hall–Kier alpha value is -1.50. The van der Waals surface area contributed by atoms with Gasteiger partial charge in [-0.25, -0.2) is 9.97 Å². The minimum absolute atomic E-state index is 0.302. The van der Waals surface area contributed by atoms with E-state index < -0.39 is 0 Å². The SMILES string of the molecule is O=C(Nc1c(Cl)ccc2scnc12)c1ncccc1Br. The van der Waals surface area contributed by atoms with Gasteiger partial charge in [0.15, 0.2) is 0 Å². The lowest BCUT2D eigenvalue weighted by molar-refractivity contribution is 0.102. The summed E-state index contributed by atoms with van der Waals surface area (Å²) in [6, 6.07) is 7.12. The first kappa shape index (κ1) is 13.5. The molecule has 0 aliphatic rings. The van der Waals surface area contributed by atoms with Crippen molar-refractivity contribution in [2.24, 2.45) is 0 Å². The summed E-state index contributed by atoms with van der Waals surface area (Å²) in [6.45, 7) is 0. The molecule has 1 aromatic carbocycles. The van der Waals surface area contributed by atoms with Crippen LogP contribution in [-0.4, -0.2) is 15.9 Å². The van der Waals surface area contributed by atoms with Gasteiger partial charge in [-0.3, -0.25) is 4.79 Å². The molecule has 20 heavy (non-hydrogen) atoms. The van der Waals surface area contributed by atoms with Crippen molar-refractivity contribution >= 4 is 60.7 Å². The third-order valence-electron chi connectivity index (χ3n) is 2.66. The predicted molar refractivity (Wildman–Crippen MR) is 84.5 cm³/mol. The molecular formula is C13H7BrClN3OS. The Morgan fingerprint density at radius 3 is 2.95 bits per heavy atom. The Bertz CT molecular complexity index is 805. The number of hydrogen-bond acceptors (Lipinski definition) is 4. The van der Waals surface area contributed by atoms with Gasteiger partial charge in [0.05, 0.1) is 20.9 Å². The normalized spacial score (nSPS) is 10.7. The molecule has 7 heteroatoms. The van der Waals surface area contributed by atoms with Crippen molar-refractivity contribution in [1.29, 1.82) is 0 Å². The first-order valence-electron chi connectivity index (χ1n) is 5.60. The van der Waals surface area contributed by atoms with Gasteiger partial charge < -0.3 is 5.32 Å². The van der Waals surface area contributed by atoms with Crippen molar-refractivity contribution in [2.75, 3.05) is 5.32 Å². The molecule has 0 saturated carbocycles. The van der Waals surface area contributed by atoms with Crippen LogP contribution in [0.3, 0.4) is 0 Å². The first-order valence-corrected chi connectivity index (χ1v) is 7.65. The molecule has 0 radical (unpaired) electrons.